The summed E-state index contributed by atoms with van der Waals surface area (Å²) in [5.41, 5.74) is -1.82. The monoisotopic (exact) mass is 351 g/mol. The zero-order valence-electron chi connectivity index (χ0n) is 14.9. The fraction of sp³-hybridized carbons (Fsp3) is 0.778. The molecule has 0 amide bonds. The minimum atomic E-state index is -1.69. The van der Waals surface area contributed by atoms with Gasteiger partial charge in [0.2, 0.25) is 0 Å². The molecule has 25 heavy (non-hydrogen) atoms. The Kier molecular flexibility index (Phi) is 3.76. The van der Waals surface area contributed by atoms with Gasteiger partial charge in [0.05, 0.1) is 12.1 Å². The van der Waals surface area contributed by atoms with Crippen molar-refractivity contribution in [3.8, 4) is 0 Å². The lowest BCUT2D eigenvalue weighted by Crippen LogP contribution is -2.48. The second-order valence-corrected chi connectivity index (χ2v) is 7.93. The van der Waals surface area contributed by atoms with Crippen LogP contribution in [0.25, 0.3) is 0 Å². The fourth-order valence-electron chi connectivity index (χ4n) is 4.31. The van der Waals surface area contributed by atoms with Crippen LogP contribution in [0, 0.1) is 5.92 Å². The van der Waals surface area contributed by atoms with Gasteiger partial charge in [0.25, 0.3) is 0 Å². The van der Waals surface area contributed by atoms with Crippen molar-refractivity contribution >= 4 is 11.9 Å². The molecule has 7 heteroatoms. The third kappa shape index (κ3) is 2.52. The van der Waals surface area contributed by atoms with E-state index < -0.39 is 23.1 Å². The molecule has 0 unspecified atom stereocenters. The van der Waals surface area contributed by atoms with Crippen molar-refractivity contribution in [3.63, 3.8) is 0 Å². The first-order valence-electron chi connectivity index (χ1n) is 8.97. The van der Waals surface area contributed by atoms with E-state index in [4.69, 9.17) is 14.2 Å². The van der Waals surface area contributed by atoms with Crippen LogP contribution in [0.5, 0.6) is 0 Å². The van der Waals surface area contributed by atoms with Crippen LogP contribution >= 0.6 is 0 Å². The van der Waals surface area contributed by atoms with Crippen LogP contribution in [0.1, 0.15) is 33.6 Å². The number of carbonyl (C=O) groups is 2. The summed E-state index contributed by atoms with van der Waals surface area (Å²) in [7, 11) is 0. The first-order chi connectivity index (χ1) is 11.8. The average Bonchev–Trinajstić information content (AvgIpc) is 2.91. The van der Waals surface area contributed by atoms with Gasteiger partial charge in [0.15, 0.2) is 11.2 Å². The summed E-state index contributed by atoms with van der Waals surface area (Å²) in [4.78, 5) is 27.5. The number of ether oxygens (including phenoxy) is 3. The van der Waals surface area contributed by atoms with Crippen LogP contribution in [-0.4, -0.2) is 71.1 Å². The van der Waals surface area contributed by atoms with Crippen molar-refractivity contribution in [1.29, 1.82) is 0 Å². The molecule has 138 valence electrons. The molecular weight excluding hydrogens is 326 g/mol. The number of aliphatic hydroxyl groups is 1. The number of esters is 2. The average molecular weight is 351 g/mol. The Labute approximate surface area is 146 Å². The van der Waals surface area contributed by atoms with E-state index in [0.717, 1.165) is 25.1 Å². The molecule has 0 saturated carbocycles. The molecule has 4 aliphatic rings. The molecular formula is C18H25NO6. The van der Waals surface area contributed by atoms with E-state index in [-0.39, 0.29) is 37.2 Å². The number of epoxide rings is 1. The van der Waals surface area contributed by atoms with Gasteiger partial charge in [-0.2, -0.15) is 0 Å². The summed E-state index contributed by atoms with van der Waals surface area (Å²) in [5.74, 6) is -1.55. The molecule has 3 fully saturated rings. The minimum Gasteiger partial charge on any atom is -0.459 e. The van der Waals surface area contributed by atoms with Crippen molar-refractivity contribution in [2.24, 2.45) is 5.92 Å². The number of carbonyl (C=O) groups excluding carboxylic acids is 2. The molecule has 0 aromatic heterocycles. The summed E-state index contributed by atoms with van der Waals surface area (Å²) < 4.78 is 16.9. The first kappa shape index (κ1) is 17.0. The fourth-order valence-corrected chi connectivity index (χ4v) is 4.31. The van der Waals surface area contributed by atoms with Gasteiger partial charge < -0.3 is 19.3 Å². The SMILES string of the molecule is C[C@@H]1C[C@@]2(O[C@@H]2C)C(=O)O[C@@H]2CCN3CC=C(COC(=O)[C@@]1(C)O)[C@H]23. The molecule has 1 N–H and O–H groups in total. The predicted octanol–water partition coefficient (Wildman–Crippen LogP) is 0.404. The van der Waals surface area contributed by atoms with Crippen molar-refractivity contribution in [2.75, 3.05) is 19.7 Å². The quantitative estimate of drug-likeness (QED) is 0.384. The van der Waals surface area contributed by atoms with Crippen LogP contribution in [-0.2, 0) is 23.8 Å². The van der Waals surface area contributed by atoms with Crippen LogP contribution in [0.3, 0.4) is 0 Å². The lowest BCUT2D eigenvalue weighted by molar-refractivity contribution is -0.172. The molecule has 3 saturated heterocycles. The van der Waals surface area contributed by atoms with E-state index in [9.17, 15) is 14.7 Å². The minimum absolute atomic E-state index is 0.0512. The lowest BCUT2D eigenvalue weighted by Gasteiger charge is -2.32. The van der Waals surface area contributed by atoms with E-state index in [1.807, 2.05) is 13.0 Å². The molecule has 4 heterocycles. The molecule has 4 rings (SSSR count). The highest BCUT2D eigenvalue weighted by Crippen LogP contribution is 2.46. The summed E-state index contributed by atoms with van der Waals surface area (Å²) >= 11 is 0. The van der Waals surface area contributed by atoms with E-state index in [2.05, 4.69) is 4.90 Å². The Morgan fingerprint density at radius 3 is 2.68 bits per heavy atom. The molecule has 7 nitrogen and oxygen atoms in total. The lowest BCUT2D eigenvalue weighted by atomic mass is 9.82. The highest BCUT2D eigenvalue weighted by Gasteiger charge is 2.64. The number of hydrogen-bond acceptors (Lipinski definition) is 7. The maximum Gasteiger partial charge on any atom is 0.341 e. The van der Waals surface area contributed by atoms with Crippen LogP contribution in [0.15, 0.2) is 11.6 Å². The molecule has 4 aliphatic heterocycles. The maximum absolute atomic E-state index is 12.9. The normalized spacial score (nSPS) is 47.4. The standard InChI is InChI=1S/C18H25NO6/c1-10-8-18(11(2)25-18)16(21)24-13-5-7-19-6-4-12(14(13)19)9-23-15(20)17(10,3)22/h4,10-11,13-14,22H,5-9H2,1-3H3/t10-,11-,13-,14-,17+,18+/m1/s1. The Morgan fingerprint density at radius 1 is 1.28 bits per heavy atom. The third-order valence-corrected chi connectivity index (χ3v) is 6.36. The number of rotatable bonds is 0. The van der Waals surface area contributed by atoms with Crippen LogP contribution in [0.2, 0.25) is 0 Å². The van der Waals surface area contributed by atoms with Crippen LogP contribution in [0.4, 0.5) is 0 Å². The van der Waals surface area contributed by atoms with Gasteiger partial charge in [-0.3, -0.25) is 4.90 Å². The van der Waals surface area contributed by atoms with Gasteiger partial charge in [0.1, 0.15) is 12.7 Å². The highest BCUT2D eigenvalue weighted by molar-refractivity contribution is 5.84. The van der Waals surface area contributed by atoms with Gasteiger partial charge in [-0.15, -0.1) is 0 Å². The van der Waals surface area contributed by atoms with E-state index >= 15 is 0 Å². The number of hydrogen-bond donors (Lipinski definition) is 1. The van der Waals surface area contributed by atoms with Gasteiger partial charge in [-0.25, -0.2) is 9.59 Å². The van der Waals surface area contributed by atoms with Crippen LogP contribution < -0.4 is 0 Å². The van der Waals surface area contributed by atoms with E-state index in [0.29, 0.717) is 0 Å². The van der Waals surface area contributed by atoms with Gasteiger partial charge in [-0.1, -0.05) is 13.0 Å². The Bertz CT molecular complexity index is 643. The Balaban J connectivity index is 1.66. The largest absolute Gasteiger partial charge is 0.459 e. The van der Waals surface area contributed by atoms with Crippen molar-refractivity contribution < 1.29 is 28.9 Å². The molecule has 0 bridgehead atoms. The predicted molar refractivity (Wildman–Crippen MR) is 86.6 cm³/mol. The smallest absolute Gasteiger partial charge is 0.341 e. The van der Waals surface area contributed by atoms with Crippen molar-refractivity contribution in [3.05, 3.63) is 11.6 Å². The zero-order valence-corrected chi connectivity index (χ0v) is 14.9. The second kappa shape index (κ2) is 5.53. The Hall–Kier alpha value is -1.44. The van der Waals surface area contributed by atoms with E-state index in [1.165, 1.54) is 6.92 Å². The molecule has 0 aromatic carbocycles. The summed E-state index contributed by atoms with van der Waals surface area (Å²) in [6.45, 7) is 6.70. The molecule has 0 aromatic rings. The van der Waals surface area contributed by atoms with Crippen molar-refractivity contribution in [2.45, 2.75) is 63.1 Å². The summed E-state index contributed by atoms with van der Waals surface area (Å²) in [5, 5.41) is 10.7. The highest BCUT2D eigenvalue weighted by atomic mass is 16.7. The molecule has 1 spiro atoms. The first-order valence-corrected chi connectivity index (χ1v) is 8.97. The molecule has 0 aliphatic carbocycles. The number of nitrogens with zero attached hydrogens (tertiary/aromatic N) is 1. The third-order valence-electron chi connectivity index (χ3n) is 6.36. The molecule has 6 atom stereocenters. The zero-order chi connectivity index (χ0) is 18.0. The Morgan fingerprint density at radius 2 is 2.00 bits per heavy atom. The second-order valence-electron chi connectivity index (χ2n) is 7.93. The number of cyclic esters (lactones) is 1. The van der Waals surface area contributed by atoms with Gasteiger partial charge >= 0.3 is 11.9 Å². The molecule has 0 radical (unpaired) electrons. The summed E-state index contributed by atoms with van der Waals surface area (Å²) in [6.07, 6.45) is 2.48. The topological polar surface area (TPSA) is 88.6 Å². The van der Waals surface area contributed by atoms with Gasteiger partial charge in [0, 0.05) is 13.1 Å². The maximum atomic E-state index is 12.9. The van der Waals surface area contributed by atoms with E-state index in [1.54, 1.807) is 6.92 Å². The van der Waals surface area contributed by atoms with Gasteiger partial charge in [-0.05, 0) is 38.2 Å². The summed E-state index contributed by atoms with van der Waals surface area (Å²) in [6, 6.07) is -0.0512. The van der Waals surface area contributed by atoms with Crippen molar-refractivity contribution in [1.82, 2.24) is 4.90 Å².